The van der Waals surface area contributed by atoms with Gasteiger partial charge in [-0.3, -0.25) is 4.79 Å². The smallest absolute Gasteiger partial charge is 0.260 e. The molecule has 1 aromatic carbocycles. The average molecular weight is 380 g/mol. The van der Waals surface area contributed by atoms with Crippen molar-refractivity contribution in [1.29, 1.82) is 0 Å². The van der Waals surface area contributed by atoms with Gasteiger partial charge in [-0.25, -0.2) is 0 Å². The van der Waals surface area contributed by atoms with Gasteiger partial charge in [-0.05, 0) is 60.9 Å². The molecule has 2 heterocycles. The van der Waals surface area contributed by atoms with E-state index in [0.29, 0.717) is 16.7 Å². The molecule has 1 saturated heterocycles. The normalized spacial score (nSPS) is 15.3. The van der Waals surface area contributed by atoms with Crippen molar-refractivity contribution in [3.63, 3.8) is 0 Å². The fourth-order valence-corrected chi connectivity index (χ4v) is 4.11. The number of benzene rings is 1. The van der Waals surface area contributed by atoms with Crippen molar-refractivity contribution >= 4 is 29.3 Å². The molecule has 0 N–H and O–H groups in total. The maximum Gasteiger partial charge on any atom is 0.260 e. The molecule has 1 amide bonds. The Kier molecular flexibility index (Phi) is 6.70. The van der Waals surface area contributed by atoms with Crippen LogP contribution in [0.1, 0.15) is 18.6 Å². The first-order valence-corrected chi connectivity index (χ1v) is 10.0. The second kappa shape index (κ2) is 9.20. The molecule has 25 heavy (non-hydrogen) atoms. The van der Waals surface area contributed by atoms with Gasteiger partial charge >= 0.3 is 0 Å². The van der Waals surface area contributed by atoms with Gasteiger partial charge in [-0.2, -0.15) is 11.8 Å². The molecule has 1 fully saturated rings. The highest BCUT2D eigenvalue weighted by molar-refractivity contribution is 7.98. The molecule has 0 radical (unpaired) electrons. The van der Waals surface area contributed by atoms with Gasteiger partial charge in [-0.15, -0.1) is 0 Å². The van der Waals surface area contributed by atoms with Crippen molar-refractivity contribution in [2.24, 2.45) is 5.92 Å². The summed E-state index contributed by atoms with van der Waals surface area (Å²) in [6.07, 6.45) is 3.82. The number of furan rings is 1. The Labute approximate surface area is 157 Å². The second-order valence-corrected chi connectivity index (χ2v) is 7.63. The molecule has 6 heteroatoms. The summed E-state index contributed by atoms with van der Waals surface area (Å²) in [5, 5.41) is 0.658. The van der Waals surface area contributed by atoms with Crippen LogP contribution in [0.15, 0.2) is 47.1 Å². The van der Waals surface area contributed by atoms with E-state index in [2.05, 4.69) is 0 Å². The third-order valence-corrected chi connectivity index (χ3v) is 5.77. The van der Waals surface area contributed by atoms with Crippen LogP contribution in [0.3, 0.4) is 0 Å². The standard InChI is InChI=1S/C19H22ClNO3S/c20-16-3-5-17(6-4-16)24-12-19(22)21-9-7-15(8-10-21)13-25-14-18-2-1-11-23-18/h1-6,11,15H,7-10,12-14H2. The summed E-state index contributed by atoms with van der Waals surface area (Å²) in [6.45, 7) is 1.71. The highest BCUT2D eigenvalue weighted by atomic mass is 35.5. The Bertz CT molecular complexity index is 652. The van der Waals surface area contributed by atoms with Gasteiger partial charge in [0.2, 0.25) is 0 Å². The van der Waals surface area contributed by atoms with Gasteiger partial charge in [0.1, 0.15) is 11.5 Å². The van der Waals surface area contributed by atoms with E-state index < -0.39 is 0 Å². The van der Waals surface area contributed by atoms with E-state index >= 15 is 0 Å². The number of amides is 1. The van der Waals surface area contributed by atoms with E-state index in [1.54, 1.807) is 30.5 Å². The van der Waals surface area contributed by atoms with Crippen LogP contribution in [0.5, 0.6) is 5.75 Å². The minimum atomic E-state index is 0.0524. The van der Waals surface area contributed by atoms with Gasteiger partial charge in [0.25, 0.3) is 5.91 Å². The van der Waals surface area contributed by atoms with E-state index in [4.69, 9.17) is 20.8 Å². The fourth-order valence-electron chi connectivity index (χ4n) is 2.84. The maximum atomic E-state index is 12.3. The Morgan fingerprint density at radius 3 is 2.68 bits per heavy atom. The van der Waals surface area contributed by atoms with E-state index in [-0.39, 0.29) is 12.5 Å². The Balaban J connectivity index is 1.33. The highest BCUT2D eigenvalue weighted by Gasteiger charge is 2.23. The lowest BCUT2D eigenvalue weighted by Gasteiger charge is -2.31. The fraction of sp³-hybridized carbons (Fsp3) is 0.421. The van der Waals surface area contributed by atoms with Crippen LogP contribution in [0, 0.1) is 5.92 Å². The first kappa shape index (κ1) is 18.2. The van der Waals surface area contributed by atoms with Crippen molar-refractivity contribution < 1.29 is 13.9 Å². The van der Waals surface area contributed by atoms with Crippen LogP contribution in [0.2, 0.25) is 5.02 Å². The molecule has 1 aliphatic rings. The summed E-state index contributed by atoms with van der Waals surface area (Å²) in [5.74, 6) is 4.45. The predicted molar refractivity (Wildman–Crippen MR) is 101 cm³/mol. The largest absolute Gasteiger partial charge is 0.484 e. The molecule has 2 aromatic rings. The number of thioether (sulfide) groups is 1. The lowest BCUT2D eigenvalue weighted by atomic mass is 9.99. The molecule has 0 atom stereocenters. The molecule has 3 rings (SSSR count). The number of halogens is 1. The van der Waals surface area contributed by atoms with Crippen molar-refractivity contribution in [3.8, 4) is 5.75 Å². The summed E-state index contributed by atoms with van der Waals surface area (Å²) >= 11 is 7.74. The third kappa shape index (κ3) is 5.72. The second-order valence-electron chi connectivity index (χ2n) is 6.16. The first-order chi connectivity index (χ1) is 12.2. The van der Waals surface area contributed by atoms with E-state index in [0.717, 1.165) is 43.2 Å². The lowest BCUT2D eigenvalue weighted by Crippen LogP contribution is -2.41. The summed E-state index contributed by atoms with van der Waals surface area (Å²) in [7, 11) is 0. The molecule has 134 valence electrons. The third-order valence-electron chi connectivity index (χ3n) is 4.32. The highest BCUT2D eigenvalue weighted by Crippen LogP contribution is 2.24. The molecule has 1 aromatic heterocycles. The summed E-state index contributed by atoms with van der Waals surface area (Å²) in [4.78, 5) is 14.2. The molecule has 4 nitrogen and oxygen atoms in total. The predicted octanol–water partition coefficient (Wildman–Crippen LogP) is 4.48. The minimum Gasteiger partial charge on any atom is -0.484 e. The zero-order valence-corrected chi connectivity index (χ0v) is 15.6. The molecule has 1 aliphatic heterocycles. The van der Waals surface area contributed by atoms with Crippen LogP contribution < -0.4 is 4.74 Å². The monoisotopic (exact) mass is 379 g/mol. The number of carbonyl (C=O) groups is 1. The van der Waals surface area contributed by atoms with Crippen LogP contribution >= 0.6 is 23.4 Å². The van der Waals surface area contributed by atoms with Crippen LogP contribution in [-0.4, -0.2) is 36.3 Å². The Morgan fingerprint density at radius 2 is 2.00 bits per heavy atom. The first-order valence-electron chi connectivity index (χ1n) is 8.47. The van der Waals surface area contributed by atoms with Gasteiger partial charge in [0.15, 0.2) is 6.61 Å². The Morgan fingerprint density at radius 1 is 1.24 bits per heavy atom. The van der Waals surface area contributed by atoms with E-state index in [1.807, 2.05) is 28.8 Å². The summed E-state index contributed by atoms with van der Waals surface area (Å²) in [5.41, 5.74) is 0. The van der Waals surface area contributed by atoms with Crippen LogP contribution in [-0.2, 0) is 10.5 Å². The zero-order valence-electron chi connectivity index (χ0n) is 14.0. The number of hydrogen-bond donors (Lipinski definition) is 0. The number of piperidine rings is 1. The number of rotatable bonds is 7. The molecular formula is C19H22ClNO3S. The maximum absolute atomic E-state index is 12.3. The van der Waals surface area contributed by atoms with Crippen molar-refractivity contribution in [3.05, 3.63) is 53.4 Å². The van der Waals surface area contributed by atoms with Crippen molar-refractivity contribution in [2.75, 3.05) is 25.4 Å². The molecule has 0 unspecified atom stereocenters. The average Bonchev–Trinajstić information content (AvgIpc) is 3.15. The summed E-state index contributed by atoms with van der Waals surface area (Å²) < 4.78 is 10.9. The molecular weight excluding hydrogens is 358 g/mol. The molecule has 0 aliphatic carbocycles. The number of ether oxygens (including phenoxy) is 1. The topological polar surface area (TPSA) is 42.7 Å². The molecule has 0 spiro atoms. The SMILES string of the molecule is O=C(COc1ccc(Cl)cc1)N1CCC(CSCc2ccco2)CC1. The lowest BCUT2D eigenvalue weighted by molar-refractivity contribution is -0.134. The number of hydrogen-bond acceptors (Lipinski definition) is 4. The van der Waals surface area contributed by atoms with E-state index in [1.165, 1.54) is 0 Å². The van der Waals surface area contributed by atoms with Crippen LogP contribution in [0.4, 0.5) is 0 Å². The van der Waals surface area contributed by atoms with Gasteiger partial charge in [0, 0.05) is 18.1 Å². The quantitative estimate of drug-likeness (QED) is 0.711. The van der Waals surface area contributed by atoms with E-state index in [9.17, 15) is 4.79 Å². The van der Waals surface area contributed by atoms with Gasteiger partial charge in [-0.1, -0.05) is 11.6 Å². The van der Waals surface area contributed by atoms with Crippen LogP contribution in [0.25, 0.3) is 0 Å². The molecule has 0 saturated carbocycles. The molecule has 0 bridgehead atoms. The van der Waals surface area contributed by atoms with Gasteiger partial charge < -0.3 is 14.1 Å². The van der Waals surface area contributed by atoms with Crippen molar-refractivity contribution in [1.82, 2.24) is 4.90 Å². The number of nitrogens with zero attached hydrogens (tertiary/aromatic N) is 1. The number of carbonyl (C=O) groups excluding carboxylic acids is 1. The van der Waals surface area contributed by atoms with Gasteiger partial charge in [0.05, 0.1) is 12.0 Å². The minimum absolute atomic E-state index is 0.0524. The zero-order chi connectivity index (χ0) is 17.5. The van der Waals surface area contributed by atoms with Crippen molar-refractivity contribution in [2.45, 2.75) is 18.6 Å². The summed E-state index contributed by atoms with van der Waals surface area (Å²) in [6, 6.07) is 11.0. The Hall–Kier alpha value is -1.59. The number of likely N-dealkylation sites (tertiary alicyclic amines) is 1.